The molecule has 0 radical (unpaired) electrons. The smallest absolute Gasteiger partial charge is 0.279 e. The highest BCUT2D eigenvalue weighted by Gasteiger charge is 2.29. The lowest BCUT2D eigenvalue weighted by molar-refractivity contribution is -0.905. The SMILES string of the molecule is CN1CC[N+](C)(CC(=O)Nc2ccccc2O)CC1.[Cl-]. The first-order chi connectivity index (χ1) is 8.98. The zero-order chi connectivity index (χ0) is 13.9. The highest BCUT2D eigenvalue weighted by atomic mass is 35.5. The summed E-state index contributed by atoms with van der Waals surface area (Å²) in [6.07, 6.45) is 0. The molecule has 0 saturated carbocycles. The highest BCUT2D eigenvalue weighted by molar-refractivity contribution is 5.93. The van der Waals surface area contributed by atoms with E-state index < -0.39 is 0 Å². The number of amides is 1. The minimum absolute atomic E-state index is 0. The van der Waals surface area contributed by atoms with Crippen LogP contribution in [0.1, 0.15) is 0 Å². The molecule has 0 unspecified atom stereocenters. The van der Waals surface area contributed by atoms with Crippen LogP contribution >= 0.6 is 0 Å². The van der Waals surface area contributed by atoms with Gasteiger partial charge in [0.1, 0.15) is 5.75 Å². The fourth-order valence-electron chi connectivity index (χ4n) is 2.32. The van der Waals surface area contributed by atoms with Crippen LogP contribution < -0.4 is 17.7 Å². The number of benzene rings is 1. The maximum Gasteiger partial charge on any atom is 0.279 e. The molecule has 1 aromatic rings. The number of para-hydroxylation sites is 2. The summed E-state index contributed by atoms with van der Waals surface area (Å²) in [5, 5.41) is 12.4. The molecular weight excluding hydrogens is 278 g/mol. The first-order valence-electron chi connectivity index (χ1n) is 6.58. The number of hydrogen-bond donors (Lipinski definition) is 2. The maximum absolute atomic E-state index is 12.1. The van der Waals surface area contributed by atoms with Crippen LogP contribution in [0, 0.1) is 0 Å². The number of quaternary nitrogens is 1. The Kier molecular flexibility index (Phi) is 5.80. The first-order valence-corrected chi connectivity index (χ1v) is 6.58. The summed E-state index contributed by atoms with van der Waals surface area (Å²) in [5.74, 6) is 0.0606. The molecule has 6 heteroatoms. The lowest BCUT2D eigenvalue weighted by Gasteiger charge is -2.40. The van der Waals surface area contributed by atoms with Gasteiger partial charge < -0.3 is 27.3 Å². The third-order valence-corrected chi connectivity index (χ3v) is 3.75. The van der Waals surface area contributed by atoms with Crippen LogP contribution in [0.25, 0.3) is 0 Å². The van der Waals surface area contributed by atoms with Crippen LogP contribution in [0.3, 0.4) is 0 Å². The van der Waals surface area contributed by atoms with Crippen LogP contribution in [-0.4, -0.2) is 67.2 Å². The normalized spacial score (nSPS) is 18.1. The third kappa shape index (κ3) is 4.37. The minimum atomic E-state index is -0.0476. The monoisotopic (exact) mass is 299 g/mol. The standard InChI is InChI=1S/C14H21N3O2.ClH/c1-16-7-9-17(2,10-8-16)11-14(19)15-12-5-3-4-6-13(12)18;/h3-6H,7-11H2,1-2H3,(H-,15,18,19);1H. The molecule has 5 nitrogen and oxygen atoms in total. The van der Waals surface area contributed by atoms with E-state index in [1.165, 1.54) is 0 Å². The van der Waals surface area contributed by atoms with Crippen molar-refractivity contribution in [3.8, 4) is 5.75 Å². The van der Waals surface area contributed by atoms with Gasteiger partial charge in [0.25, 0.3) is 5.91 Å². The van der Waals surface area contributed by atoms with Crippen molar-refractivity contribution in [2.75, 3.05) is 52.1 Å². The molecule has 1 amide bonds. The third-order valence-electron chi connectivity index (χ3n) is 3.75. The number of phenolic OH excluding ortho intramolecular Hbond substituents is 1. The van der Waals surface area contributed by atoms with Gasteiger partial charge in [0.05, 0.1) is 25.8 Å². The number of nitrogens with one attached hydrogen (secondary N) is 1. The van der Waals surface area contributed by atoms with E-state index in [-0.39, 0.29) is 24.1 Å². The quantitative estimate of drug-likeness (QED) is 0.489. The molecule has 0 atom stereocenters. The number of halogens is 1. The number of likely N-dealkylation sites (N-methyl/N-ethyl adjacent to an activating group) is 2. The van der Waals surface area contributed by atoms with Crippen LogP contribution in [-0.2, 0) is 4.79 Å². The van der Waals surface area contributed by atoms with Crippen molar-refractivity contribution in [1.82, 2.24) is 4.90 Å². The molecule has 1 aliphatic rings. The Morgan fingerprint density at radius 1 is 1.35 bits per heavy atom. The van der Waals surface area contributed by atoms with Gasteiger partial charge in [0, 0.05) is 13.1 Å². The summed E-state index contributed by atoms with van der Waals surface area (Å²) >= 11 is 0. The Bertz CT molecular complexity index is 459. The summed E-state index contributed by atoms with van der Waals surface area (Å²) < 4.78 is 0.754. The molecule has 2 rings (SSSR count). The van der Waals surface area contributed by atoms with Crippen molar-refractivity contribution in [3.63, 3.8) is 0 Å². The number of nitrogens with zero attached hydrogens (tertiary/aromatic N) is 2. The molecule has 1 fully saturated rings. The number of carbonyl (C=O) groups is 1. The number of phenols is 1. The molecule has 0 aliphatic carbocycles. The van der Waals surface area contributed by atoms with Crippen molar-refractivity contribution in [2.45, 2.75) is 0 Å². The van der Waals surface area contributed by atoms with E-state index in [1.54, 1.807) is 24.3 Å². The molecule has 0 bridgehead atoms. The Balaban J connectivity index is 0.00000200. The van der Waals surface area contributed by atoms with Gasteiger partial charge in [-0.2, -0.15) is 0 Å². The summed E-state index contributed by atoms with van der Waals surface area (Å²) in [4.78, 5) is 14.3. The molecular formula is C14H22ClN3O2. The zero-order valence-electron chi connectivity index (χ0n) is 12.0. The van der Waals surface area contributed by atoms with Crippen molar-refractivity contribution in [1.29, 1.82) is 0 Å². The van der Waals surface area contributed by atoms with Gasteiger partial charge in [0.2, 0.25) is 0 Å². The molecule has 0 aromatic heterocycles. The van der Waals surface area contributed by atoms with Gasteiger partial charge >= 0.3 is 0 Å². The van der Waals surface area contributed by atoms with E-state index >= 15 is 0 Å². The first kappa shape index (κ1) is 16.8. The lowest BCUT2D eigenvalue weighted by Crippen LogP contribution is -3.00. The molecule has 112 valence electrons. The number of carbonyl (C=O) groups excluding carboxylic acids is 1. The second-order valence-electron chi connectivity index (χ2n) is 5.59. The van der Waals surface area contributed by atoms with E-state index in [4.69, 9.17) is 0 Å². The second-order valence-corrected chi connectivity index (χ2v) is 5.59. The molecule has 1 saturated heterocycles. The lowest BCUT2D eigenvalue weighted by atomic mass is 10.2. The van der Waals surface area contributed by atoms with E-state index in [0.717, 1.165) is 30.7 Å². The fraction of sp³-hybridized carbons (Fsp3) is 0.500. The number of anilines is 1. The van der Waals surface area contributed by atoms with Crippen LogP contribution in [0.4, 0.5) is 5.69 Å². The van der Waals surface area contributed by atoms with Crippen LogP contribution in [0.15, 0.2) is 24.3 Å². The van der Waals surface area contributed by atoms with E-state index in [1.807, 2.05) is 0 Å². The summed E-state index contributed by atoms with van der Waals surface area (Å²) in [6.45, 7) is 4.43. The molecule has 0 spiro atoms. The average Bonchev–Trinajstić information content (AvgIpc) is 2.36. The minimum Gasteiger partial charge on any atom is -1.00 e. The molecule has 2 N–H and O–H groups in total. The zero-order valence-corrected chi connectivity index (χ0v) is 12.7. The van der Waals surface area contributed by atoms with Gasteiger partial charge in [-0.25, -0.2) is 0 Å². The predicted octanol–water partition coefficient (Wildman–Crippen LogP) is -2.27. The van der Waals surface area contributed by atoms with Gasteiger partial charge in [-0.15, -0.1) is 0 Å². The van der Waals surface area contributed by atoms with Crippen LogP contribution in [0.5, 0.6) is 5.75 Å². The van der Waals surface area contributed by atoms with Gasteiger partial charge in [-0.05, 0) is 19.2 Å². The Hall–Kier alpha value is -1.30. The Morgan fingerprint density at radius 3 is 2.55 bits per heavy atom. The summed E-state index contributed by atoms with van der Waals surface area (Å²) in [6, 6.07) is 6.81. The van der Waals surface area contributed by atoms with Crippen molar-refractivity contribution < 1.29 is 26.8 Å². The fourth-order valence-corrected chi connectivity index (χ4v) is 2.32. The number of hydrogen-bond acceptors (Lipinski definition) is 3. The predicted molar refractivity (Wildman–Crippen MR) is 75.0 cm³/mol. The molecule has 1 heterocycles. The van der Waals surface area contributed by atoms with Crippen molar-refractivity contribution in [3.05, 3.63) is 24.3 Å². The van der Waals surface area contributed by atoms with Gasteiger partial charge in [0.15, 0.2) is 6.54 Å². The Labute approximate surface area is 126 Å². The van der Waals surface area contributed by atoms with Gasteiger partial charge in [-0.3, -0.25) is 9.69 Å². The van der Waals surface area contributed by atoms with Crippen molar-refractivity contribution >= 4 is 11.6 Å². The van der Waals surface area contributed by atoms with Gasteiger partial charge in [-0.1, -0.05) is 12.1 Å². The average molecular weight is 300 g/mol. The highest BCUT2D eigenvalue weighted by Crippen LogP contribution is 2.21. The number of piperazine rings is 1. The largest absolute Gasteiger partial charge is 1.00 e. The molecule has 1 aromatic carbocycles. The van der Waals surface area contributed by atoms with E-state index in [9.17, 15) is 9.90 Å². The number of aromatic hydroxyl groups is 1. The van der Waals surface area contributed by atoms with E-state index in [0.29, 0.717) is 12.2 Å². The van der Waals surface area contributed by atoms with E-state index in [2.05, 4.69) is 24.3 Å². The number of rotatable bonds is 3. The second kappa shape index (κ2) is 6.92. The molecule has 20 heavy (non-hydrogen) atoms. The van der Waals surface area contributed by atoms with Crippen molar-refractivity contribution in [2.24, 2.45) is 0 Å². The summed E-state index contributed by atoms with van der Waals surface area (Å²) in [7, 11) is 4.21. The Morgan fingerprint density at radius 2 is 1.95 bits per heavy atom. The maximum atomic E-state index is 12.1. The summed E-state index contributed by atoms with van der Waals surface area (Å²) in [5.41, 5.74) is 0.480. The molecule has 1 aliphatic heterocycles. The van der Waals surface area contributed by atoms with Crippen LogP contribution in [0.2, 0.25) is 0 Å². The topological polar surface area (TPSA) is 52.6 Å².